The zero-order valence-corrected chi connectivity index (χ0v) is 8.56. The Balaban J connectivity index is 2.24. The van der Waals surface area contributed by atoms with Gasteiger partial charge in [-0.25, -0.2) is 0 Å². The summed E-state index contributed by atoms with van der Waals surface area (Å²) in [5, 5.41) is 0. The predicted molar refractivity (Wildman–Crippen MR) is 50.3 cm³/mol. The Bertz CT molecular complexity index is 224. The van der Waals surface area contributed by atoms with Gasteiger partial charge in [-0.2, -0.15) is 0 Å². The third-order valence-corrected chi connectivity index (χ3v) is 3.94. The van der Waals surface area contributed by atoms with Crippen molar-refractivity contribution in [3.05, 3.63) is 0 Å². The average molecular weight is 182 g/mol. The molecule has 0 radical (unpaired) electrons. The number of carbonyl (C=O) groups excluding carboxylic acids is 1. The molecule has 1 saturated carbocycles. The highest BCUT2D eigenvalue weighted by molar-refractivity contribution is 5.73. The molecule has 1 saturated heterocycles. The molecule has 0 atom stereocenters. The Morgan fingerprint density at radius 2 is 1.77 bits per heavy atom. The highest BCUT2D eigenvalue weighted by Gasteiger charge is 2.54. The Labute approximate surface area is 79.7 Å². The smallest absolute Gasteiger partial charge is 0.307 e. The van der Waals surface area contributed by atoms with Gasteiger partial charge in [-0.1, -0.05) is 19.3 Å². The van der Waals surface area contributed by atoms with Gasteiger partial charge >= 0.3 is 5.97 Å². The highest BCUT2D eigenvalue weighted by Crippen LogP contribution is 2.53. The molecular formula is C11H18O2. The van der Waals surface area contributed by atoms with Gasteiger partial charge in [0.25, 0.3) is 0 Å². The number of ether oxygens (including phenoxy) is 1. The highest BCUT2D eigenvalue weighted by atomic mass is 16.6. The van der Waals surface area contributed by atoms with Gasteiger partial charge in [-0.05, 0) is 26.7 Å². The molecule has 2 heteroatoms. The summed E-state index contributed by atoms with van der Waals surface area (Å²) in [6, 6.07) is 0. The summed E-state index contributed by atoms with van der Waals surface area (Å²) in [6.45, 7) is 4.15. The van der Waals surface area contributed by atoms with Crippen molar-refractivity contribution >= 4 is 5.97 Å². The van der Waals surface area contributed by atoms with E-state index in [2.05, 4.69) is 13.8 Å². The molecule has 0 N–H and O–H groups in total. The Morgan fingerprint density at radius 3 is 2.23 bits per heavy atom. The first-order chi connectivity index (χ1) is 6.06. The minimum atomic E-state index is -0.218. The lowest BCUT2D eigenvalue weighted by molar-refractivity contribution is -0.148. The van der Waals surface area contributed by atoms with E-state index in [1.165, 1.54) is 32.1 Å². The SMILES string of the molecule is CC1(C)OC(=O)CC12CCCCC2. The van der Waals surface area contributed by atoms with Crippen molar-refractivity contribution in [2.24, 2.45) is 5.41 Å². The van der Waals surface area contributed by atoms with E-state index in [0.717, 1.165) is 0 Å². The number of cyclic esters (lactones) is 1. The van der Waals surface area contributed by atoms with Crippen LogP contribution in [0.3, 0.4) is 0 Å². The van der Waals surface area contributed by atoms with Gasteiger partial charge in [-0.3, -0.25) is 4.79 Å². The van der Waals surface area contributed by atoms with Crippen LogP contribution in [-0.4, -0.2) is 11.6 Å². The monoisotopic (exact) mass is 182 g/mol. The van der Waals surface area contributed by atoms with E-state index in [1.54, 1.807) is 0 Å². The van der Waals surface area contributed by atoms with Crippen molar-refractivity contribution in [1.82, 2.24) is 0 Å². The second kappa shape index (κ2) is 2.73. The number of rotatable bonds is 0. The lowest BCUT2D eigenvalue weighted by atomic mass is 9.64. The van der Waals surface area contributed by atoms with E-state index < -0.39 is 0 Å². The van der Waals surface area contributed by atoms with Crippen LogP contribution in [0.15, 0.2) is 0 Å². The van der Waals surface area contributed by atoms with E-state index in [0.29, 0.717) is 6.42 Å². The molecule has 0 unspecified atom stereocenters. The Kier molecular flexibility index (Phi) is 1.90. The van der Waals surface area contributed by atoms with Gasteiger partial charge in [0.1, 0.15) is 5.60 Å². The molecule has 1 heterocycles. The third kappa shape index (κ3) is 1.27. The second-order valence-corrected chi connectivity index (χ2v) is 5.00. The van der Waals surface area contributed by atoms with Gasteiger partial charge in [0.2, 0.25) is 0 Å². The fraction of sp³-hybridized carbons (Fsp3) is 0.909. The van der Waals surface area contributed by atoms with Crippen LogP contribution in [-0.2, 0) is 9.53 Å². The fourth-order valence-electron chi connectivity index (χ4n) is 2.93. The summed E-state index contributed by atoms with van der Waals surface area (Å²) in [6.07, 6.45) is 6.85. The van der Waals surface area contributed by atoms with Crippen LogP contribution in [0.4, 0.5) is 0 Å². The van der Waals surface area contributed by atoms with Crippen LogP contribution >= 0.6 is 0 Å². The first kappa shape index (κ1) is 9.04. The van der Waals surface area contributed by atoms with Crippen LogP contribution in [0.2, 0.25) is 0 Å². The molecular weight excluding hydrogens is 164 g/mol. The van der Waals surface area contributed by atoms with Crippen molar-refractivity contribution in [2.75, 3.05) is 0 Å². The summed E-state index contributed by atoms with van der Waals surface area (Å²) < 4.78 is 5.40. The normalized spacial score (nSPS) is 30.5. The maximum atomic E-state index is 11.3. The molecule has 2 rings (SSSR count). The van der Waals surface area contributed by atoms with E-state index in [4.69, 9.17) is 4.74 Å². The van der Waals surface area contributed by atoms with Crippen LogP contribution in [0.5, 0.6) is 0 Å². The van der Waals surface area contributed by atoms with Crippen molar-refractivity contribution in [2.45, 2.75) is 58.0 Å². The van der Waals surface area contributed by atoms with E-state index in [-0.39, 0.29) is 17.0 Å². The molecule has 2 fully saturated rings. The second-order valence-electron chi connectivity index (χ2n) is 5.00. The van der Waals surface area contributed by atoms with Crippen LogP contribution in [0, 0.1) is 5.41 Å². The van der Waals surface area contributed by atoms with E-state index in [1.807, 2.05) is 0 Å². The first-order valence-electron chi connectivity index (χ1n) is 5.28. The molecule has 2 nitrogen and oxygen atoms in total. The van der Waals surface area contributed by atoms with Crippen LogP contribution < -0.4 is 0 Å². The molecule has 0 aromatic rings. The molecule has 74 valence electrons. The first-order valence-corrected chi connectivity index (χ1v) is 5.28. The standard InChI is InChI=1S/C11H18O2/c1-10(2)11(8-9(12)13-10)6-4-3-5-7-11/h3-8H2,1-2H3. The van der Waals surface area contributed by atoms with Crippen LogP contribution in [0.25, 0.3) is 0 Å². The summed E-state index contributed by atoms with van der Waals surface area (Å²) in [7, 11) is 0. The van der Waals surface area contributed by atoms with Gasteiger partial charge in [0.15, 0.2) is 0 Å². The average Bonchev–Trinajstić information content (AvgIpc) is 2.23. The number of carbonyl (C=O) groups is 1. The van der Waals surface area contributed by atoms with Crippen molar-refractivity contribution in [3.8, 4) is 0 Å². The Morgan fingerprint density at radius 1 is 1.15 bits per heavy atom. The summed E-state index contributed by atoms with van der Waals surface area (Å²) >= 11 is 0. The third-order valence-electron chi connectivity index (χ3n) is 3.94. The minimum Gasteiger partial charge on any atom is -0.459 e. The van der Waals surface area contributed by atoms with Crippen molar-refractivity contribution in [3.63, 3.8) is 0 Å². The molecule has 0 aromatic heterocycles. The number of esters is 1. The zero-order chi connectivity index (χ0) is 9.53. The lowest BCUT2D eigenvalue weighted by Crippen LogP contribution is -2.41. The predicted octanol–water partition coefficient (Wildman–Crippen LogP) is 2.66. The van der Waals surface area contributed by atoms with E-state index in [9.17, 15) is 4.79 Å². The molecule has 1 aliphatic carbocycles. The fourth-order valence-corrected chi connectivity index (χ4v) is 2.93. The van der Waals surface area contributed by atoms with Gasteiger partial charge in [0.05, 0.1) is 6.42 Å². The minimum absolute atomic E-state index is 0.00639. The molecule has 2 aliphatic rings. The van der Waals surface area contributed by atoms with E-state index >= 15 is 0 Å². The molecule has 1 aliphatic heterocycles. The van der Waals surface area contributed by atoms with Gasteiger partial charge in [-0.15, -0.1) is 0 Å². The zero-order valence-electron chi connectivity index (χ0n) is 8.56. The summed E-state index contributed by atoms with van der Waals surface area (Å²) in [5.41, 5.74) is -0.0488. The molecule has 0 amide bonds. The van der Waals surface area contributed by atoms with Gasteiger partial charge in [0, 0.05) is 5.41 Å². The number of hydrogen-bond donors (Lipinski definition) is 0. The van der Waals surface area contributed by atoms with Gasteiger partial charge < -0.3 is 4.74 Å². The van der Waals surface area contributed by atoms with Crippen molar-refractivity contribution in [1.29, 1.82) is 0 Å². The maximum Gasteiger partial charge on any atom is 0.307 e. The quantitative estimate of drug-likeness (QED) is 0.538. The molecule has 13 heavy (non-hydrogen) atoms. The molecule has 0 bridgehead atoms. The summed E-state index contributed by atoms with van der Waals surface area (Å²) in [4.78, 5) is 11.3. The number of hydrogen-bond acceptors (Lipinski definition) is 2. The largest absolute Gasteiger partial charge is 0.459 e. The maximum absolute atomic E-state index is 11.3. The van der Waals surface area contributed by atoms with Crippen molar-refractivity contribution < 1.29 is 9.53 Å². The topological polar surface area (TPSA) is 26.3 Å². The molecule has 0 aromatic carbocycles. The van der Waals surface area contributed by atoms with Crippen LogP contribution in [0.1, 0.15) is 52.4 Å². The Hall–Kier alpha value is -0.530. The summed E-state index contributed by atoms with van der Waals surface area (Å²) in [5.74, 6) is 0.00639. The molecule has 1 spiro atoms. The lowest BCUT2D eigenvalue weighted by Gasteiger charge is -2.41.